The molecule has 0 aliphatic carbocycles. The number of nitrogens with zero attached hydrogens (tertiary/aromatic N) is 2. The Morgan fingerprint density at radius 1 is 1.04 bits per heavy atom. The second-order valence-corrected chi connectivity index (χ2v) is 6.78. The van der Waals surface area contributed by atoms with Gasteiger partial charge in [0.05, 0.1) is 21.3 Å². The molecule has 1 amide bonds. The lowest BCUT2D eigenvalue weighted by molar-refractivity contribution is 0.108. The molecule has 1 aliphatic rings. The first-order valence-corrected chi connectivity index (χ1v) is 8.43. The molecule has 1 aliphatic heterocycles. The van der Waals surface area contributed by atoms with Crippen LogP contribution < -0.4 is 9.47 Å². The van der Waals surface area contributed by atoms with Crippen molar-refractivity contribution in [3.63, 3.8) is 0 Å². The van der Waals surface area contributed by atoms with Crippen molar-refractivity contribution in [2.45, 2.75) is 4.90 Å². The summed E-state index contributed by atoms with van der Waals surface area (Å²) in [6.45, 7) is 0.966. The Hall–Kier alpha value is -2.00. The molecule has 8 nitrogen and oxygen atoms in total. The zero-order valence-electron chi connectivity index (χ0n) is 13.3. The summed E-state index contributed by atoms with van der Waals surface area (Å²) in [7, 11) is 0.488. The lowest BCUT2D eigenvalue weighted by atomic mass is 10.3. The van der Waals surface area contributed by atoms with Crippen LogP contribution >= 0.6 is 0 Å². The van der Waals surface area contributed by atoms with E-state index >= 15 is 0 Å². The highest BCUT2D eigenvalue weighted by atomic mass is 32.2. The molecule has 0 saturated carbocycles. The van der Waals surface area contributed by atoms with E-state index in [1.165, 1.54) is 42.7 Å². The number of ether oxygens (including phenoxy) is 3. The van der Waals surface area contributed by atoms with Crippen molar-refractivity contribution in [3.8, 4) is 11.5 Å². The number of carbonyl (C=O) groups is 1. The van der Waals surface area contributed by atoms with Crippen molar-refractivity contribution >= 4 is 16.1 Å². The van der Waals surface area contributed by atoms with E-state index in [1.807, 2.05) is 0 Å². The fourth-order valence-electron chi connectivity index (χ4n) is 2.37. The number of hydrogen-bond acceptors (Lipinski definition) is 6. The van der Waals surface area contributed by atoms with Crippen molar-refractivity contribution in [2.24, 2.45) is 0 Å². The van der Waals surface area contributed by atoms with Crippen molar-refractivity contribution in [1.29, 1.82) is 0 Å². The predicted octanol–water partition coefficient (Wildman–Crippen LogP) is 0.776. The predicted molar refractivity (Wildman–Crippen MR) is 82.3 cm³/mol. The van der Waals surface area contributed by atoms with Crippen molar-refractivity contribution in [1.82, 2.24) is 9.21 Å². The molecule has 9 heteroatoms. The van der Waals surface area contributed by atoms with E-state index in [2.05, 4.69) is 4.74 Å². The van der Waals surface area contributed by atoms with Gasteiger partial charge in [0.1, 0.15) is 16.4 Å². The van der Waals surface area contributed by atoms with Crippen LogP contribution in [0.3, 0.4) is 0 Å². The van der Waals surface area contributed by atoms with E-state index in [0.29, 0.717) is 5.75 Å². The van der Waals surface area contributed by atoms with E-state index in [9.17, 15) is 13.2 Å². The van der Waals surface area contributed by atoms with E-state index in [1.54, 1.807) is 6.07 Å². The molecule has 0 aromatic heterocycles. The van der Waals surface area contributed by atoms with E-state index < -0.39 is 16.1 Å². The molecule has 0 spiro atoms. The van der Waals surface area contributed by atoms with E-state index in [-0.39, 0.29) is 36.8 Å². The average Bonchev–Trinajstić information content (AvgIpc) is 2.60. The Bertz CT molecular complexity index is 668. The van der Waals surface area contributed by atoms with E-state index in [4.69, 9.17) is 9.47 Å². The number of sulfonamides is 1. The number of carbonyl (C=O) groups excluding carboxylic acids is 1. The van der Waals surface area contributed by atoms with Crippen LogP contribution in [0.15, 0.2) is 23.1 Å². The molecular weight excluding hydrogens is 324 g/mol. The summed E-state index contributed by atoms with van der Waals surface area (Å²) in [6.07, 6.45) is -0.455. The molecule has 1 aromatic rings. The highest BCUT2D eigenvalue weighted by molar-refractivity contribution is 7.89. The largest absolute Gasteiger partial charge is 0.497 e. The topological polar surface area (TPSA) is 85.4 Å². The normalized spacial score (nSPS) is 16.0. The van der Waals surface area contributed by atoms with Gasteiger partial charge in [-0.3, -0.25) is 0 Å². The summed E-state index contributed by atoms with van der Waals surface area (Å²) in [5, 5.41) is 0. The molecule has 0 unspecified atom stereocenters. The van der Waals surface area contributed by atoms with Crippen LogP contribution in [-0.4, -0.2) is 71.2 Å². The first kappa shape index (κ1) is 17.4. The summed E-state index contributed by atoms with van der Waals surface area (Å²) < 4.78 is 41.8. The molecule has 0 N–H and O–H groups in total. The fraction of sp³-hybridized carbons (Fsp3) is 0.500. The molecule has 1 aromatic carbocycles. The van der Waals surface area contributed by atoms with Gasteiger partial charge in [-0.15, -0.1) is 0 Å². The summed E-state index contributed by atoms with van der Waals surface area (Å²) >= 11 is 0. The SMILES string of the molecule is COC(=O)N1CCN(S(=O)(=O)c2ccc(OC)cc2OC)CC1. The van der Waals surface area contributed by atoms with Crippen molar-refractivity contribution in [3.05, 3.63) is 18.2 Å². The first-order chi connectivity index (χ1) is 10.9. The van der Waals surface area contributed by atoms with Gasteiger partial charge in [0, 0.05) is 32.2 Å². The zero-order chi connectivity index (χ0) is 17.0. The molecular formula is C14H20N2O6S. The van der Waals surface area contributed by atoms with Crippen LogP contribution in [0.5, 0.6) is 11.5 Å². The van der Waals surface area contributed by atoms with Gasteiger partial charge in [-0.05, 0) is 12.1 Å². The third-order valence-electron chi connectivity index (χ3n) is 3.66. The average molecular weight is 344 g/mol. The molecule has 1 fully saturated rings. The van der Waals surface area contributed by atoms with Gasteiger partial charge in [-0.25, -0.2) is 13.2 Å². The lowest BCUT2D eigenvalue weighted by Gasteiger charge is -2.33. The van der Waals surface area contributed by atoms with Gasteiger partial charge in [-0.2, -0.15) is 4.31 Å². The Labute approximate surface area is 135 Å². The van der Waals surface area contributed by atoms with Crippen LogP contribution in [0.4, 0.5) is 4.79 Å². The highest BCUT2D eigenvalue weighted by Crippen LogP contribution is 2.31. The van der Waals surface area contributed by atoms with Crippen LogP contribution in [0.1, 0.15) is 0 Å². The Morgan fingerprint density at radius 3 is 2.22 bits per heavy atom. The minimum atomic E-state index is -3.71. The minimum absolute atomic E-state index is 0.0762. The number of methoxy groups -OCH3 is 3. The number of rotatable bonds is 4. The van der Waals surface area contributed by atoms with Gasteiger partial charge in [0.2, 0.25) is 10.0 Å². The molecule has 0 bridgehead atoms. The molecule has 128 valence electrons. The number of benzene rings is 1. The van der Waals surface area contributed by atoms with Crippen molar-refractivity contribution < 1.29 is 27.4 Å². The maximum Gasteiger partial charge on any atom is 0.409 e. The van der Waals surface area contributed by atoms with Crippen LogP contribution in [0.25, 0.3) is 0 Å². The van der Waals surface area contributed by atoms with Crippen molar-refractivity contribution in [2.75, 3.05) is 47.5 Å². The smallest absolute Gasteiger partial charge is 0.409 e. The second kappa shape index (κ2) is 7.05. The quantitative estimate of drug-likeness (QED) is 0.802. The van der Waals surface area contributed by atoms with Gasteiger partial charge >= 0.3 is 6.09 Å². The Kier molecular flexibility index (Phi) is 5.32. The monoisotopic (exact) mass is 344 g/mol. The maximum absolute atomic E-state index is 12.8. The van der Waals surface area contributed by atoms with Crippen LogP contribution in [0.2, 0.25) is 0 Å². The van der Waals surface area contributed by atoms with Crippen LogP contribution in [0, 0.1) is 0 Å². The number of piperazine rings is 1. The number of amides is 1. The minimum Gasteiger partial charge on any atom is -0.497 e. The highest BCUT2D eigenvalue weighted by Gasteiger charge is 2.32. The fourth-order valence-corrected chi connectivity index (χ4v) is 3.93. The van der Waals surface area contributed by atoms with Gasteiger partial charge < -0.3 is 19.1 Å². The molecule has 1 heterocycles. The second-order valence-electron chi connectivity index (χ2n) is 4.88. The molecule has 0 radical (unpaired) electrons. The van der Waals surface area contributed by atoms with Gasteiger partial charge in [0.25, 0.3) is 0 Å². The summed E-state index contributed by atoms with van der Waals surface area (Å²) in [5.41, 5.74) is 0. The Balaban J connectivity index is 2.21. The maximum atomic E-state index is 12.8. The third-order valence-corrected chi connectivity index (χ3v) is 5.60. The van der Waals surface area contributed by atoms with Gasteiger partial charge in [0.15, 0.2) is 0 Å². The summed E-state index contributed by atoms with van der Waals surface area (Å²) in [6, 6.07) is 4.55. The lowest BCUT2D eigenvalue weighted by Crippen LogP contribution is -2.50. The van der Waals surface area contributed by atoms with E-state index in [0.717, 1.165) is 0 Å². The molecule has 23 heavy (non-hydrogen) atoms. The molecule has 2 rings (SSSR count). The first-order valence-electron chi connectivity index (χ1n) is 6.99. The van der Waals surface area contributed by atoms with Gasteiger partial charge in [-0.1, -0.05) is 0 Å². The zero-order valence-corrected chi connectivity index (χ0v) is 14.1. The number of hydrogen-bond donors (Lipinski definition) is 0. The standard InChI is InChI=1S/C14H20N2O6S/c1-20-11-4-5-13(12(10-11)21-2)23(18,19)16-8-6-15(7-9-16)14(17)22-3/h4-5,10H,6-9H2,1-3H3. The molecule has 0 atom stereocenters. The third kappa shape index (κ3) is 3.50. The Morgan fingerprint density at radius 2 is 1.70 bits per heavy atom. The summed E-state index contributed by atoms with van der Waals surface area (Å²) in [4.78, 5) is 13.0. The summed E-state index contributed by atoms with van der Waals surface area (Å²) in [5.74, 6) is 0.732. The molecule has 1 saturated heterocycles. The van der Waals surface area contributed by atoms with Crippen LogP contribution in [-0.2, 0) is 14.8 Å².